The number of amides is 1. The maximum Gasteiger partial charge on any atom is 0.243 e. The lowest BCUT2D eigenvalue weighted by molar-refractivity contribution is -0.115. The van der Waals surface area contributed by atoms with Crippen LogP contribution in [0.2, 0.25) is 0 Å². The Morgan fingerprint density at radius 1 is 1.20 bits per heavy atom. The van der Waals surface area contributed by atoms with Crippen molar-refractivity contribution in [2.24, 2.45) is 5.92 Å². The topological polar surface area (TPSA) is 52.9 Å². The number of thiophene rings is 1. The zero-order valence-corrected chi connectivity index (χ0v) is 18.6. The van der Waals surface area contributed by atoms with Gasteiger partial charge in [-0.15, -0.1) is 23.1 Å². The smallest absolute Gasteiger partial charge is 0.243 e. The first-order chi connectivity index (χ1) is 14.7. The number of nitriles is 1. The van der Waals surface area contributed by atoms with Gasteiger partial charge in [-0.1, -0.05) is 61.9 Å². The molecule has 0 radical (unpaired) electrons. The van der Waals surface area contributed by atoms with Crippen LogP contribution in [-0.2, 0) is 17.6 Å². The molecule has 30 heavy (non-hydrogen) atoms. The van der Waals surface area contributed by atoms with Gasteiger partial charge in [-0.2, -0.15) is 5.26 Å². The predicted octanol–water partition coefficient (Wildman–Crippen LogP) is 6.61. The number of hydrogen-bond acceptors (Lipinski definition) is 4. The Hall–Kier alpha value is -2.55. The molecule has 1 amide bonds. The highest BCUT2D eigenvalue weighted by Gasteiger charge is 2.28. The maximum atomic E-state index is 13.4. The zero-order valence-electron chi connectivity index (χ0n) is 16.9. The van der Waals surface area contributed by atoms with Gasteiger partial charge in [0.05, 0.1) is 5.56 Å². The van der Waals surface area contributed by atoms with Gasteiger partial charge >= 0.3 is 0 Å². The van der Waals surface area contributed by atoms with E-state index in [0.717, 1.165) is 41.7 Å². The first-order valence-electron chi connectivity index (χ1n) is 10.3. The van der Waals surface area contributed by atoms with Crippen LogP contribution in [0.15, 0.2) is 65.6 Å². The average Bonchev–Trinajstić information content (AvgIpc) is 3.14. The highest BCUT2D eigenvalue weighted by atomic mass is 32.2. The summed E-state index contributed by atoms with van der Waals surface area (Å²) in [6.45, 7) is 2.22. The molecule has 2 aromatic carbocycles. The Bertz CT molecular complexity index is 1050. The van der Waals surface area contributed by atoms with Crippen LogP contribution in [0.4, 0.5) is 5.00 Å². The minimum absolute atomic E-state index is 0.0859. The van der Waals surface area contributed by atoms with Crippen LogP contribution in [-0.4, -0.2) is 5.91 Å². The summed E-state index contributed by atoms with van der Waals surface area (Å²) in [5.74, 6) is 0.592. The molecule has 1 aliphatic rings. The summed E-state index contributed by atoms with van der Waals surface area (Å²) in [5, 5.41) is 13.2. The monoisotopic (exact) mass is 432 g/mol. The van der Waals surface area contributed by atoms with Crippen molar-refractivity contribution in [2.45, 2.75) is 42.8 Å². The third-order valence-electron chi connectivity index (χ3n) is 5.63. The van der Waals surface area contributed by atoms with Crippen molar-refractivity contribution in [2.75, 3.05) is 5.32 Å². The Morgan fingerprint density at radius 2 is 1.90 bits per heavy atom. The van der Waals surface area contributed by atoms with Crippen LogP contribution >= 0.6 is 23.1 Å². The molecule has 0 fully saturated rings. The van der Waals surface area contributed by atoms with Crippen molar-refractivity contribution >= 4 is 34.0 Å². The largest absolute Gasteiger partial charge is 0.315 e. The van der Waals surface area contributed by atoms with Crippen molar-refractivity contribution in [3.8, 4) is 6.07 Å². The number of benzene rings is 2. The van der Waals surface area contributed by atoms with Crippen LogP contribution < -0.4 is 5.32 Å². The normalized spacial score (nSPS) is 16.3. The van der Waals surface area contributed by atoms with Gasteiger partial charge in [0.25, 0.3) is 0 Å². The van der Waals surface area contributed by atoms with E-state index in [2.05, 4.69) is 18.3 Å². The zero-order chi connectivity index (χ0) is 20.9. The van der Waals surface area contributed by atoms with Crippen molar-refractivity contribution in [3.05, 3.63) is 82.2 Å². The molecule has 0 aliphatic heterocycles. The lowest BCUT2D eigenvalue weighted by Crippen LogP contribution is -2.19. The van der Waals surface area contributed by atoms with Crippen molar-refractivity contribution < 1.29 is 4.79 Å². The molecule has 1 aliphatic carbocycles. The Labute approximate surface area is 186 Å². The number of carbonyl (C=O) groups is 1. The van der Waals surface area contributed by atoms with Crippen molar-refractivity contribution in [1.82, 2.24) is 0 Å². The van der Waals surface area contributed by atoms with E-state index in [-0.39, 0.29) is 11.2 Å². The van der Waals surface area contributed by atoms with E-state index in [1.54, 1.807) is 11.3 Å². The summed E-state index contributed by atoms with van der Waals surface area (Å²) >= 11 is 3.12. The van der Waals surface area contributed by atoms with Crippen LogP contribution in [0.25, 0.3) is 0 Å². The fourth-order valence-corrected chi connectivity index (χ4v) is 6.28. The van der Waals surface area contributed by atoms with Crippen molar-refractivity contribution in [3.63, 3.8) is 0 Å². The molecule has 3 nitrogen and oxygen atoms in total. The highest BCUT2D eigenvalue weighted by molar-refractivity contribution is 8.00. The summed E-state index contributed by atoms with van der Waals surface area (Å²) in [7, 11) is 0. The van der Waals surface area contributed by atoms with Crippen LogP contribution in [0.3, 0.4) is 0 Å². The second-order valence-corrected chi connectivity index (χ2v) is 9.83. The predicted molar refractivity (Wildman–Crippen MR) is 125 cm³/mol. The van der Waals surface area contributed by atoms with E-state index in [1.165, 1.54) is 16.6 Å². The minimum Gasteiger partial charge on any atom is -0.315 e. The van der Waals surface area contributed by atoms with Gasteiger partial charge in [-0.25, -0.2) is 0 Å². The molecule has 4 rings (SSSR count). The molecule has 2 atom stereocenters. The standard InChI is InChI=1S/C25H24N2OS2/c1-2-17-13-14-20-21(16-26)25(30-22(20)15-17)27-24(28)23(18-9-5-3-6-10-18)29-19-11-7-4-8-12-19/h3-12,17,23H,2,13-15H2,1H3,(H,27,28). The van der Waals surface area contributed by atoms with Gasteiger partial charge < -0.3 is 5.32 Å². The van der Waals surface area contributed by atoms with Crippen LogP contribution in [0, 0.1) is 17.2 Å². The summed E-state index contributed by atoms with van der Waals surface area (Å²) in [4.78, 5) is 15.7. The summed E-state index contributed by atoms with van der Waals surface area (Å²) in [6, 6.07) is 22.2. The second-order valence-electron chi connectivity index (χ2n) is 7.55. The molecule has 1 N–H and O–H groups in total. The molecular formula is C25H24N2OS2. The lowest BCUT2D eigenvalue weighted by Gasteiger charge is -2.20. The number of carbonyl (C=O) groups excluding carboxylic acids is 1. The van der Waals surface area contributed by atoms with Gasteiger partial charge in [0, 0.05) is 9.77 Å². The molecule has 5 heteroatoms. The number of anilines is 1. The van der Waals surface area contributed by atoms with Gasteiger partial charge in [-0.05, 0) is 48.4 Å². The van der Waals surface area contributed by atoms with Gasteiger partial charge in [0.1, 0.15) is 16.3 Å². The number of fused-ring (bicyclic) bond motifs is 1. The fourth-order valence-electron chi connectivity index (χ4n) is 3.92. The number of nitrogens with one attached hydrogen (secondary N) is 1. The molecule has 0 spiro atoms. The molecule has 1 aromatic heterocycles. The Morgan fingerprint density at radius 3 is 2.57 bits per heavy atom. The lowest BCUT2D eigenvalue weighted by atomic mass is 9.86. The summed E-state index contributed by atoms with van der Waals surface area (Å²) in [6.07, 6.45) is 4.23. The summed E-state index contributed by atoms with van der Waals surface area (Å²) in [5.41, 5.74) is 2.76. The average molecular weight is 433 g/mol. The number of thioether (sulfide) groups is 1. The SMILES string of the molecule is CCC1CCc2c(sc(NC(=O)C(Sc3ccccc3)c3ccccc3)c2C#N)C1. The Kier molecular flexibility index (Phi) is 6.56. The second kappa shape index (κ2) is 9.51. The van der Waals surface area contributed by atoms with Gasteiger partial charge in [0.2, 0.25) is 5.91 Å². The Balaban J connectivity index is 1.62. The van der Waals surface area contributed by atoms with Gasteiger partial charge in [0.15, 0.2) is 0 Å². The molecule has 152 valence electrons. The highest BCUT2D eigenvalue weighted by Crippen LogP contribution is 2.42. The molecular weight excluding hydrogens is 408 g/mol. The number of hydrogen-bond donors (Lipinski definition) is 1. The molecule has 0 saturated heterocycles. The van der Waals surface area contributed by atoms with Gasteiger partial charge in [-0.3, -0.25) is 4.79 Å². The van der Waals surface area contributed by atoms with Crippen LogP contribution in [0.1, 0.15) is 46.6 Å². The minimum atomic E-state index is -0.386. The number of nitrogens with zero attached hydrogens (tertiary/aromatic N) is 1. The molecule has 3 aromatic rings. The maximum absolute atomic E-state index is 13.4. The summed E-state index contributed by atoms with van der Waals surface area (Å²) < 4.78 is 0. The van der Waals surface area contributed by atoms with E-state index in [9.17, 15) is 10.1 Å². The third kappa shape index (κ3) is 4.45. The van der Waals surface area contributed by atoms with E-state index in [0.29, 0.717) is 16.5 Å². The number of rotatable bonds is 6. The third-order valence-corrected chi connectivity index (χ3v) is 8.07. The van der Waals surface area contributed by atoms with Crippen molar-refractivity contribution in [1.29, 1.82) is 5.26 Å². The van der Waals surface area contributed by atoms with E-state index in [1.807, 2.05) is 60.7 Å². The van der Waals surface area contributed by atoms with Crippen LogP contribution in [0.5, 0.6) is 0 Å². The first kappa shape index (κ1) is 20.7. The van der Waals surface area contributed by atoms with E-state index in [4.69, 9.17) is 0 Å². The molecule has 2 unspecified atom stereocenters. The fraction of sp³-hybridized carbons (Fsp3) is 0.280. The van der Waals surface area contributed by atoms with E-state index < -0.39 is 0 Å². The first-order valence-corrected chi connectivity index (χ1v) is 12.0. The quantitative estimate of drug-likeness (QED) is 0.446. The molecule has 0 bridgehead atoms. The molecule has 0 saturated carbocycles. The van der Waals surface area contributed by atoms with E-state index >= 15 is 0 Å². The molecule has 1 heterocycles.